The molecule has 0 heterocycles. The van der Waals surface area contributed by atoms with E-state index in [0.29, 0.717) is 6.42 Å². The second kappa shape index (κ2) is 18.4. The Morgan fingerprint density at radius 2 is 1.59 bits per heavy atom. The molecule has 0 saturated heterocycles. The zero-order valence-electron chi connectivity index (χ0n) is 16.9. The maximum atomic E-state index is 11.0. The molecule has 4 heteroatoms. The van der Waals surface area contributed by atoms with Crippen LogP contribution in [0.25, 0.3) is 0 Å². The lowest BCUT2D eigenvalue weighted by Crippen LogP contribution is -2.02. The molecule has 0 radical (unpaired) electrons. The summed E-state index contributed by atoms with van der Waals surface area (Å²) in [5, 5.41) is 3.09. The molecular formula is C23H37Cl2NO. The van der Waals surface area contributed by atoms with E-state index in [1.54, 1.807) is 0 Å². The van der Waals surface area contributed by atoms with E-state index in [4.69, 9.17) is 11.6 Å². The van der Waals surface area contributed by atoms with Gasteiger partial charge in [-0.25, -0.2) is 0 Å². The lowest BCUT2D eigenvalue weighted by atomic mass is 10.1. The third-order valence-electron chi connectivity index (χ3n) is 4.54. The molecule has 1 N–H and O–H groups in total. The van der Waals surface area contributed by atoms with Crippen LogP contribution in [0.1, 0.15) is 83.1 Å². The van der Waals surface area contributed by atoms with Gasteiger partial charge in [-0.3, -0.25) is 4.79 Å². The Morgan fingerprint density at radius 1 is 0.963 bits per heavy atom. The van der Waals surface area contributed by atoms with Gasteiger partial charge in [0.2, 0.25) is 5.24 Å². The summed E-state index contributed by atoms with van der Waals surface area (Å²) in [6.45, 7) is 3.21. The molecule has 0 saturated carbocycles. The molecule has 27 heavy (non-hydrogen) atoms. The van der Waals surface area contributed by atoms with Crippen LogP contribution in [0.5, 0.6) is 0 Å². The van der Waals surface area contributed by atoms with Crippen molar-refractivity contribution in [1.29, 1.82) is 0 Å². The Hall–Kier alpha value is -0.990. The van der Waals surface area contributed by atoms with E-state index in [-0.39, 0.29) is 17.6 Å². The van der Waals surface area contributed by atoms with E-state index in [9.17, 15) is 4.79 Å². The molecule has 0 aliphatic carbocycles. The van der Waals surface area contributed by atoms with Gasteiger partial charge < -0.3 is 5.32 Å². The van der Waals surface area contributed by atoms with Crippen LogP contribution in [-0.4, -0.2) is 11.8 Å². The normalized spacial score (nSPS) is 10.7. The van der Waals surface area contributed by atoms with Crippen LogP contribution in [0.4, 0.5) is 5.69 Å². The van der Waals surface area contributed by atoms with Crippen LogP contribution >= 0.6 is 24.0 Å². The molecule has 0 atom stereocenters. The van der Waals surface area contributed by atoms with Crippen molar-refractivity contribution in [1.82, 2.24) is 0 Å². The van der Waals surface area contributed by atoms with Crippen LogP contribution in [-0.2, 0) is 11.2 Å². The predicted octanol–water partition coefficient (Wildman–Crippen LogP) is 7.70. The monoisotopic (exact) mass is 413 g/mol. The van der Waals surface area contributed by atoms with Crippen molar-refractivity contribution in [2.24, 2.45) is 0 Å². The van der Waals surface area contributed by atoms with Crippen LogP contribution in [0, 0.1) is 0 Å². The third-order valence-corrected chi connectivity index (χ3v) is 4.67. The number of hydrogen-bond acceptors (Lipinski definition) is 2. The minimum absolute atomic E-state index is 0. The van der Waals surface area contributed by atoms with Gasteiger partial charge in [0.25, 0.3) is 0 Å². The van der Waals surface area contributed by atoms with Gasteiger partial charge in [-0.2, -0.15) is 0 Å². The van der Waals surface area contributed by atoms with Gasteiger partial charge in [0.05, 0.1) is 0 Å². The second-order valence-corrected chi connectivity index (χ2v) is 7.46. The number of halogens is 2. The molecular weight excluding hydrogens is 377 g/mol. The molecule has 0 aromatic heterocycles. The largest absolute Gasteiger partial charge is 0.385 e. The fourth-order valence-electron chi connectivity index (χ4n) is 3.04. The van der Waals surface area contributed by atoms with Crippen molar-refractivity contribution in [3.8, 4) is 0 Å². The van der Waals surface area contributed by atoms with Gasteiger partial charge in [0.15, 0.2) is 0 Å². The molecule has 0 unspecified atom stereocenters. The maximum Gasteiger partial charge on any atom is 0.226 e. The van der Waals surface area contributed by atoms with Gasteiger partial charge >= 0.3 is 0 Å². The standard InChI is InChI=1S/C23H36ClNO.ClH/c1-2-3-4-5-6-7-8-9-10-11-12-13-14-18-25-22-17-15-16-21(19-22)20-23(24)26;/h11-12,15-17,19,25H,2-10,13-14,18,20H2,1H3;1H. The van der Waals surface area contributed by atoms with Crippen molar-refractivity contribution in [2.45, 2.75) is 84.0 Å². The Bertz CT molecular complexity index is 517. The van der Waals surface area contributed by atoms with Crippen molar-refractivity contribution in [3.63, 3.8) is 0 Å². The van der Waals surface area contributed by atoms with Gasteiger partial charge in [0.1, 0.15) is 0 Å². The van der Waals surface area contributed by atoms with E-state index in [1.807, 2.05) is 24.3 Å². The highest BCUT2D eigenvalue weighted by Crippen LogP contribution is 2.13. The van der Waals surface area contributed by atoms with Gasteiger partial charge in [0, 0.05) is 18.7 Å². The highest BCUT2D eigenvalue weighted by Gasteiger charge is 2.00. The fourth-order valence-corrected chi connectivity index (χ4v) is 3.19. The number of carbonyl (C=O) groups is 1. The Kier molecular flexibility index (Phi) is 17.7. The Balaban J connectivity index is 0.00000676. The second-order valence-electron chi connectivity index (χ2n) is 7.04. The first-order valence-electron chi connectivity index (χ1n) is 10.4. The van der Waals surface area contributed by atoms with E-state index in [2.05, 4.69) is 24.4 Å². The van der Waals surface area contributed by atoms with E-state index in [1.165, 1.54) is 57.8 Å². The number of hydrogen-bond donors (Lipinski definition) is 1. The Labute approximate surface area is 177 Å². The molecule has 0 aliphatic rings. The average Bonchev–Trinajstić information content (AvgIpc) is 2.62. The molecule has 0 spiro atoms. The topological polar surface area (TPSA) is 29.1 Å². The van der Waals surface area contributed by atoms with E-state index >= 15 is 0 Å². The zero-order valence-corrected chi connectivity index (χ0v) is 18.4. The lowest BCUT2D eigenvalue weighted by molar-refractivity contribution is -0.111. The molecule has 0 fully saturated rings. The smallest absolute Gasteiger partial charge is 0.226 e. The van der Waals surface area contributed by atoms with Crippen LogP contribution in [0.2, 0.25) is 0 Å². The fraction of sp³-hybridized carbons (Fsp3) is 0.609. The van der Waals surface area contributed by atoms with Crippen molar-refractivity contribution in [3.05, 3.63) is 42.0 Å². The van der Waals surface area contributed by atoms with Crippen LogP contribution in [0.3, 0.4) is 0 Å². The highest BCUT2D eigenvalue weighted by molar-refractivity contribution is 6.63. The number of benzene rings is 1. The summed E-state index contributed by atoms with van der Waals surface area (Å²) < 4.78 is 0. The first-order valence-corrected chi connectivity index (χ1v) is 10.8. The number of nitrogens with one attached hydrogen (secondary N) is 1. The van der Waals surface area contributed by atoms with E-state index < -0.39 is 0 Å². The predicted molar refractivity (Wildman–Crippen MR) is 122 cm³/mol. The summed E-state index contributed by atoms with van der Waals surface area (Å²) in [6, 6.07) is 7.92. The number of anilines is 1. The third kappa shape index (κ3) is 15.7. The number of rotatable bonds is 16. The quantitative estimate of drug-likeness (QED) is 0.171. The van der Waals surface area contributed by atoms with Crippen LogP contribution < -0.4 is 5.32 Å². The zero-order chi connectivity index (χ0) is 18.9. The maximum absolute atomic E-state index is 11.0. The molecule has 0 amide bonds. The molecule has 0 bridgehead atoms. The minimum atomic E-state index is -0.316. The first-order chi connectivity index (χ1) is 12.7. The summed E-state index contributed by atoms with van der Waals surface area (Å²) in [7, 11) is 0. The molecule has 154 valence electrons. The van der Waals surface area contributed by atoms with Gasteiger partial charge in [-0.15, -0.1) is 12.4 Å². The summed E-state index contributed by atoms with van der Waals surface area (Å²) in [6.07, 6.45) is 19.5. The molecule has 1 aromatic carbocycles. The van der Waals surface area contributed by atoms with Gasteiger partial charge in [-0.05, 0) is 55.0 Å². The number of allylic oxidation sites excluding steroid dienone is 2. The van der Waals surface area contributed by atoms with E-state index in [0.717, 1.165) is 30.6 Å². The number of unbranched alkanes of at least 4 members (excludes halogenated alkanes) is 9. The SMILES string of the molecule is CCCCCCCCCCC=CCCCNc1cccc(CC(=O)Cl)c1.Cl. The summed E-state index contributed by atoms with van der Waals surface area (Å²) in [5.41, 5.74) is 2.02. The molecule has 1 rings (SSSR count). The minimum Gasteiger partial charge on any atom is -0.385 e. The van der Waals surface area contributed by atoms with Crippen molar-refractivity contribution in [2.75, 3.05) is 11.9 Å². The van der Waals surface area contributed by atoms with Gasteiger partial charge in [-0.1, -0.05) is 76.2 Å². The van der Waals surface area contributed by atoms with Crippen LogP contribution in [0.15, 0.2) is 36.4 Å². The van der Waals surface area contributed by atoms with Crippen molar-refractivity contribution < 1.29 is 4.79 Å². The lowest BCUT2D eigenvalue weighted by Gasteiger charge is -2.07. The molecule has 2 nitrogen and oxygen atoms in total. The molecule has 1 aromatic rings. The summed E-state index contributed by atoms with van der Waals surface area (Å²) >= 11 is 5.44. The first kappa shape index (κ1) is 26.0. The summed E-state index contributed by atoms with van der Waals surface area (Å²) in [5.74, 6) is 0. The average molecular weight is 414 g/mol. The van der Waals surface area contributed by atoms with Crippen molar-refractivity contribution >= 4 is 34.9 Å². The molecule has 0 aliphatic heterocycles. The summed E-state index contributed by atoms with van der Waals surface area (Å²) in [4.78, 5) is 11.0. The Morgan fingerprint density at radius 3 is 2.26 bits per heavy atom. The number of carbonyl (C=O) groups excluding carboxylic acids is 1. The highest BCUT2D eigenvalue weighted by atomic mass is 35.5.